The average molecular weight is 351 g/mol. The molecule has 6 heteroatoms. The summed E-state index contributed by atoms with van der Waals surface area (Å²) in [6, 6.07) is 15.1. The minimum atomic E-state index is 0.646. The zero-order valence-corrected chi connectivity index (χ0v) is 14.2. The Bertz CT molecular complexity index is 1040. The van der Waals surface area contributed by atoms with E-state index in [9.17, 15) is 0 Å². The number of H-pyrrole nitrogens is 1. The lowest BCUT2D eigenvalue weighted by atomic mass is 10.2. The van der Waals surface area contributed by atoms with Crippen molar-refractivity contribution in [3.05, 3.63) is 71.6 Å². The maximum atomic E-state index is 6.00. The van der Waals surface area contributed by atoms with E-state index in [0.29, 0.717) is 10.8 Å². The number of hydrogen-bond donors (Lipinski definition) is 2. The molecule has 5 nitrogen and oxygen atoms in total. The Morgan fingerprint density at radius 2 is 2.00 bits per heavy atom. The van der Waals surface area contributed by atoms with Crippen molar-refractivity contribution in [1.29, 1.82) is 0 Å². The monoisotopic (exact) mass is 350 g/mol. The predicted molar refractivity (Wildman–Crippen MR) is 99.9 cm³/mol. The summed E-state index contributed by atoms with van der Waals surface area (Å²) in [5, 5.41) is 3.96. The van der Waals surface area contributed by atoms with Crippen LogP contribution in [0.3, 0.4) is 0 Å². The first-order valence-electron chi connectivity index (χ1n) is 7.78. The maximum Gasteiger partial charge on any atom is 0.158 e. The summed E-state index contributed by atoms with van der Waals surface area (Å²) in [7, 11) is 0. The molecule has 2 N–H and O–H groups in total. The number of aryl methyl sites for hydroxylation is 1. The highest BCUT2D eigenvalue weighted by molar-refractivity contribution is 6.30. The molecule has 25 heavy (non-hydrogen) atoms. The number of nitrogens with one attached hydrogen (secondary N) is 2. The molecule has 0 fully saturated rings. The molecule has 0 bridgehead atoms. The van der Waals surface area contributed by atoms with Crippen molar-refractivity contribution in [2.75, 3.05) is 5.32 Å². The molecule has 2 aromatic heterocycles. The predicted octanol–water partition coefficient (Wildman–Crippen LogP) is 5.46. The first-order chi connectivity index (χ1) is 12.2. The van der Waals surface area contributed by atoms with E-state index in [2.05, 4.69) is 20.3 Å². The van der Waals surface area contributed by atoms with Crippen LogP contribution in [0.5, 0.6) is 11.5 Å². The van der Waals surface area contributed by atoms with Gasteiger partial charge in [-0.25, -0.2) is 9.97 Å². The molecular weight excluding hydrogens is 336 g/mol. The van der Waals surface area contributed by atoms with Gasteiger partial charge in [0.1, 0.15) is 23.3 Å². The second-order valence-corrected chi connectivity index (χ2v) is 6.06. The van der Waals surface area contributed by atoms with Crippen LogP contribution in [0, 0.1) is 6.92 Å². The highest BCUT2D eigenvalue weighted by Crippen LogP contribution is 2.30. The number of rotatable bonds is 4. The Morgan fingerprint density at radius 3 is 2.84 bits per heavy atom. The third-order valence-corrected chi connectivity index (χ3v) is 4.04. The number of benzene rings is 2. The van der Waals surface area contributed by atoms with Crippen molar-refractivity contribution in [2.45, 2.75) is 6.92 Å². The Balaban J connectivity index is 1.58. The fraction of sp³-hybridized carbons (Fsp3) is 0.0526. The number of halogens is 1. The Labute approximate surface area is 149 Å². The molecule has 0 atom stereocenters. The minimum absolute atomic E-state index is 0.646. The largest absolute Gasteiger partial charge is 0.457 e. The molecule has 0 aliphatic heterocycles. The van der Waals surface area contributed by atoms with Gasteiger partial charge in [0.05, 0.1) is 5.52 Å². The lowest BCUT2D eigenvalue weighted by Crippen LogP contribution is -1.96. The van der Waals surface area contributed by atoms with E-state index in [1.165, 1.54) is 0 Å². The standard InChI is InChI=1S/C19H15ClN4O/c1-12-9-14(24-19-18-16(7-8-21-18)22-11-23-19)5-6-17(12)25-15-4-2-3-13(20)10-15/h2-11,21H,1H3,(H,22,23,24). The number of anilines is 2. The second kappa shape index (κ2) is 6.45. The fourth-order valence-corrected chi connectivity index (χ4v) is 2.78. The maximum absolute atomic E-state index is 6.00. The van der Waals surface area contributed by atoms with Crippen LogP contribution in [-0.4, -0.2) is 15.0 Å². The normalized spacial score (nSPS) is 10.8. The number of ether oxygens (including phenoxy) is 1. The van der Waals surface area contributed by atoms with Gasteiger partial charge in [0.15, 0.2) is 5.82 Å². The summed E-state index contributed by atoms with van der Waals surface area (Å²) >= 11 is 6.00. The van der Waals surface area contributed by atoms with Crippen LogP contribution in [0.1, 0.15) is 5.56 Å². The molecule has 124 valence electrons. The lowest BCUT2D eigenvalue weighted by Gasteiger charge is -2.12. The molecule has 0 aliphatic rings. The molecule has 0 aliphatic carbocycles. The van der Waals surface area contributed by atoms with Crippen LogP contribution >= 0.6 is 11.6 Å². The van der Waals surface area contributed by atoms with Crippen LogP contribution in [0.25, 0.3) is 11.0 Å². The van der Waals surface area contributed by atoms with E-state index in [1.807, 2.05) is 55.6 Å². The van der Waals surface area contributed by atoms with Crippen LogP contribution < -0.4 is 10.1 Å². The van der Waals surface area contributed by atoms with Crippen LogP contribution in [0.4, 0.5) is 11.5 Å². The van der Waals surface area contributed by atoms with Crippen molar-refractivity contribution in [3.63, 3.8) is 0 Å². The first-order valence-corrected chi connectivity index (χ1v) is 8.16. The number of aromatic nitrogens is 3. The highest BCUT2D eigenvalue weighted by Gasteiger charge is 2.07. The third-order valence-electron chi connectivity index (χ3n) is 3.81. The molecule has 0 saturated carbocycles. The molecule has 0 radical (unpaired) electrons. The minimum Gasteiger partial charge on any atom is -0.457 e. The third kappa shape index (κ3) is 3.27. The molecule has 0 amide bonds. The molecule has 2 aromatic carbocycles. The smallest absolute Gasteiger partial charge is 0.158 e. The lowest BCUT2D eigenvalue weighted by molar-refractivity contribution is 0.479. The Morgan fingerprint density at radius 1 is 1.08 bits per heavy atom. The van der Waals surface area contributed by atoms with Crippen molar-refractivity contribution < 1.29 is 4.74 Å². The van der Waals surface area contributed by atoms with Gasteiger partial charge in [0, 0.05) is 16.9 Å². The molecule has 0 unspecified atom stereocenters. The second-order valence-electron chi connectivity index (χ2n) is 5.62. The van der Waals surface area contributed by atoms with Crippen molar-refractivity contribution in [2.24, 2.45) is 0 Å². The zero-order valence-electron chi connectivity index (χ0n) is 13.5. The van der Waals surface area contributed by atoms with Gasteiger partial charge in [-0.3, -0.25) is 0 Å². The molecule has 4 rings (SSSR count). The summed E-state index contributed by atoms with van der Waals surface area (Å²) in [5.74, 6) is 2.22. The van der Waals surface area contributed by atoms with Crippen molar-refractivity contribution in [3.8, 4) is 11.5 Å². The van der Waals surface area contributed by atoms with Gasteiger partial charge in [-0.2, -0.15) is 0 Å². The summed E-state index contributed by atoms with van der Waals surface area (Å²) in [6.07, 6.45) is 3.39. The van der Waals surface area contributed by atoms with E-state index >= 15 is 0 Å². The van der Waals surface area contributed by atoms with E-state index < -0.39 is 0 Å². The zero-order chi connectivity index (χ0) is 17.2. The first kappa shape index (κ1) is 15.5. The molecule has 2 heterocycles. The van der Waals surface area contributed by atoms with Gasteiger partial charge in [-0.1, -0.05) is 17.7 Å². The molecule has 0 saturated heterocycles. The van der Waals surface area contributed by atoms with Gasteiger partial charge in [0.2, 0.25) is 0 Å². The summed E-state index contributed by atoms with van der Waals surface area (Å²) in [5.41, 5.74) is 3.67. The van der Waals surface area contributed by atoms with Crippen LogP contribution in [-0.2, 0) is 0 Å². The van der Waals surface area contributed by atoms with Gasteiger partial charge in [-0.15, -0.1) is 0 Å². The molecular formula is C19H15ClN4O. The SMILES string of the molecule is Cc1cc(Nc2ncnc3cc[nH]c23)ccc1Oc1cccc(Cl)c1. The van der Waals surface area contributed by atoms with Crippen molar-refractivity contribution in [1.82, 2.24) is 15.0 Å². The highest BCUT2D eigenvalue weighted by atomic mass is 35.5. The van der Waals surface area contributed by atoms with E-state index in [0.717, 1.165) is 33.9 Å². The topological polar surface area (TPSA) is 62.8 Å². The summed E-state index contributed by atoms with van der Waals surface area (Å²) < 4.78 is 5.91. The average Bonchev–Trinajstić information content (AvgIpc) is 3.07. The summed E-state index contributed by atoms with van der Waals surface area (Å²) in [4.78, 5) is 11.7. The van der Waals surface area contributed by atoms with Crippen molar-refractivity contribution >= 4 is 34.1 Å². The van der Waals surface area contributed by atoms with Gasteiger partial charge in [-0.05, 0) is 55.0 Å². The molecule has 0 spiro atoms. The number of fused-ring (bicyclic) bond motifs is 1. The Hall–Kier alpha value is -3.05. The fourth-order valence-electron chi connectivity index (χ4n) is 2.60. The van der Waals surface area contributed by atoms with Crippen LogP contribution in [0.2, 0.25) is 5.02 Å². The molecule has 4 aromatic rings. The van der Waals surface area contributed by atoms with Gasteiger partial charge in [0.25, 0.3) is 0 Å². The van der Waals surface area contributed by atoms with Crippen LogP contribution in [0.15, 0.2) is 61.1 Å². The number of aromatic amines is 1. The van der Waals surface area contributed by atoms with Gasteiger partial charge >= 0.3 is 0 Å². The quantitative estimate of drug-likeness (QED) is 0.513. The number of hydrogen-bond acceptors (Lipinski definition) is 4. The van der Waals surface area contributed by atoms with E-state index in [1.54, 1.807) is 12.4 Å². The van der Waals surface area contributed by atoms with E-state index in [4.69, 9.17) is 16.3 Å². The number of nitrogens with zero attached hydrogens (tertiary/aromatic N) is 2. The Kier molecular flexibility index (Phi) is 3.99. The van der Waals surface area contributed by atoms with E-state index in [-0.39, 0.29) is 0 Å². The van der Waals surface area contributed by atoms with Gasteiger partial charge < -0.3 is 15.0 Å². The summed E-state index contributed by atoms with van der Waals surface area (Å²) in [6.45, 7) is 2.00.